The Morgan fingerprint density at radius 3 is 2.50 bits per heavy atom. The molecule has 0 unspecified atom stereocenters. The second-order valence-corrected chi connectivity index (χ2v) is 10.7. The summed E-state index contributed by atoms with van der Waals surface area (Å²) in [4.78, 5) is 40.9. The van der Waals surface area contributed by atoms with Crippen LogP contribution in [0.25, 0.3) is 5.57 Å². The maximum Gasteiger partial charge on any atom is 0.417 e. The number of nitrogens with zero attached hydrogens (tertiary/aromatic N) is 5. The first-order valence-electron chi connectivity index (χ1n) is 13.8. The molecule has 15 heteroatoms. The van der Waals surface area contributed by atoms with Crippen molar-refractivity contribution in [3.8, 4) is 5.75 Å². The number of piperazine rings is 1. The maximum atomic E-state index is 16.5. The van der Waals surface area contributed by atoms with Crippen LogP contribution in [0, 0.1) is 11.6 Å². The van der Waals surface area contributed by atoms with Crippen LogP contribution in [0.5, 0.6) is 5.75 Å². The molecule has 44 heavy (non-hydrogen) atoms. The Labute approximate surface area is 249 Å². The minimum absolute atomic E-state index is 0.0122. The quantitative estimate of drug-likeness (QED) is 0.397. The number of pyridine rings is 1. The highest BCUT2D eigenvalue weighted by Crippen LogP contribution is 2.39. The monoisotopic (exact) mass is 619 g/mol. The highest BCUT2D eigenvalue weighted by Gasteiger charge is 2.37. The molecule has 2 N–H and O–H groups in total. The number of rotatable bonds is 6. The van der Waals surface area contributed by atoms with Crippen LogP contribution in [0.2, 0.25) is 0 Å². The molecular formula is C29H30F5N7O3. The number of carbonyl (C=O) groups is 1. The van der Waals surface area contributed by atoms with Crippen LogP contribution in [-0.4, -0.2) is 78.7 Å². The predicted octanol–water partition coefficient (Wildman–Crippen LogP) is 4.16. The Balaban J connectivity index is 1.57. The molecule has 4 heterocycles. The highest BCUT2D eigenvalue weighted by molar-refractivity contribution is 6.07. The number of hydrogen-bond acceptors (Lipinski definition) is 8. The minimum atomic E-state index is -5.04. The molecule has 0 saturated carbocycles. The van der Waals surface area contributed by atoms with E-state index in [1.54, 1.807) is 15.9 Å². The Morgan fingerprint density at radius 2 is 1.84 bits per heavy atom. The molecule has 3 aromatic rings. The largest absolute Gasteiger partial charge is 0.494 e. The van der Waals surface area contributed by atoms with Crippen LogP contribution in [0.4, 0.5) is 39.3 Å². The number of likely N-dealkylation sites (N-methyl/N-ethyl adjacent to an activating group) is 1. The van der Waals surface area contributed by atoms with Crippen LogP contribution < -0.4 is 25.4 Å². The third-order valence-electron chi connectivity index (χ3n) is 7.82. The molecule has 1 fully saturated rings. The Bertz CT molecular complexity index is 1640. The van der Waals surface area contributed by atoms with E-state index in [0.717, 1.165) is 6.07 Å². The molecular weight excluding hydrogens is 589 g/mol. The first-order chi connectivity index (χ1) is 20.9. The van der Waals surface area contributed by atoms with Crippen molar-refractivity contribution in [1.82, 2.24) is 19.9 Å². The summed E-state index contributed by atoms with van der Waals surface area (Å²) in [7, 11) is 3.37. The van der Waals surface area contributed by atoms with Gasteiger partial charge in [-0.1, -0.05) is 6.08 Å². The lowest BCUT2D eigenvalue weighted by Crippen LogP contribution is -2.50. The van der Waals surface area contributed by atoms with Crippen LogP contribution in [0.1, 0.15) is 34.8 Å². The van der Waals surface area contributed by atoms with E-state index in [9.17, 15) is 22.8 Å². The number of anilines is 3. The second-order valence-electron chi connectivity index (χ2n) is 10.7. The van der Waals surface area contributed by atoms with Gasteiger partial charge in [0.25, 0.3) is 5.91 Å². The van der Waals surface area contributed by atoms with Crippen molar-refractivity contribution >= 4 is 28.8 Å². The molecule has 0 spiro atoms. The molecule has 0 radical (unpaired) electrons. The number of carbonyl (C=O) groups excluding carboxylic acids is 1. The van der Waals surface area contributed by atoms with Gasteiger partial charge in [0.2, 0.25) is 11.5 Å². The van der Waals surface area contributed by atoms with Gasteiger partial charge in [-0.15, -0.1) is 0 Å². The number of nitrogens with one attached hydrogen (secondary N) is 2. The molecule has 5 rings (SSSR count). The summed E-state index contributed by atoms with van der Waals surface area (Å²) < 4.78 is 78.7. The lowest BCUT2D eigenvalue weighted by Gasteiger charge is -2.40. The molecule has 1 aromatic carbocycles. The van der Waals surface area contributed by atoms with Crippen molar-refractivity contribution in [2.24, 2.45) is 0 Å². The maximum absolute atomic E-state index is 16.5. The number of amides is 1. The summed E-state index contributed by atoms with van der Waals surface area (Å²) in [6.45, 7) is 3.64. The van der Waals surface area contributed by atoms with Gasteiger partial charge in [-0.05, 0) is 26.0 Å². The summed E-state index contributed by atoms with van der Waals surface area (Å²) in [6, 6.07) is 1.33. The van der Waals surface area contributed by atoms with Crippen molar-refractivity contribution < 1.29 is 31.5 Å². The number of hydrogen-bond donors (Lipinski definition) is 2. The third kappa shape index (κ3) is 6.23. The summed E-state index contributed by atoms with van der Waals surface area (Å²) >= 11 is 0. The first kappa shape index (κ1) is 30.9. The summed E-state index contributed by atoms with van der Waals surface area (Å²) in [5.41, 5.74) is -4.13. The molecule has 10 nitrogen and oxygen atoms in total. The van der Waals surface area contributed by atoms with E-state index >= 15 is 8.78 Å². The average Bonchev–Trinajstić information content (AvgIpc) is 2.99. The van der Waals surface area contributed by atoms with Crippen molar-refractivity contribution in [3.63, 3.8) is 0 Å². The Kier molecular flexibility index (Phi) is 8.59. The van der Waals surface area contributed by atoms with E-state index in [-0.39, 0.29) is 29.9 Å². The van der Waals surface area contributed by atoms with Gasteiger partial charge in [-0.2, -0.15) is 13.2 Å². The lowest BCUT2D eigenvalue weighted by atomic mass is 9.97. The van der Waals surface area contributed by atoms with Crippen LogP contribution in [0.3, 0.4) is 0 Å². The molecule has 0 bridgehead atoms. The van der Waals surface area contributed by atoms with Crippen LogP contribution in [-0.2, 0) is 6.18 Å². The number of aromatic amines is 1. The predicted molar refractivity (Wildman–Crippen MR) is 154 cm³/mol. The van der Waals surface area contributed by atoms with Gasteiger partial charge in [0, 0.05) is 57.1 Å². The third-order valence-corrected chi connectivity index (χ3v) is 7.82. The van der Waals surface area contributed by atoms with Gasteiger partial charge in [-0.3, -0.25) is 9.59 Å². The number of aromatic nitrogens is 3. The van der Waals surface area contributed by atoms with Gasteiger partial charge < -0.3 is 29.7 Å². The lowest BCUT2D eigenvalue weighted by molar-refractivity contribution is -0.138. The van der Waals surface area contributed by atoms with E-state index in [4.69, 9.17) is 4.74 Å². The fraction of sp³-hybridized carbons (Fsp3) is 0.379. The zero-order chi connectivity index (χ0) is 31.8. The van der Waals surface area contributed by atoms with Gasteiger partial charge in [0.05, 0.1) is 41.9 Å². The normalized spacial score (nSPS) is 17.8. The number of alkyl halides is 3. The van der Waals surface area contributed by atoms with E-state index < -0.39 is 51.7 Å². The van der Waals surface area contributed by atoms with Crippen molar-refractivity contribution in [2.75, 3.05) is 62.0 Å². The Morgan fingerprint density at radius 1 is 1.11 bits per heavy atom. The number of benzene rings is 1. The van der Waals surface area contributed by atoms with Crippen molar-refractivity contribution in [2.45, 2.75) is 25.6 Å². The molecule has 2 aliphatic heterocycles. The second kappa shape index (κ2) is 12.2. The Hall–Kier alpha value is -4.53. The molecule has 2 aliphatic rings. The average molecular weight is 620 g/mol. The summed E-state index contributed by atoms with van der Waals surface area (Å²) in [5.74, 6) is -2.61. The van der Waals surface area contributed by atoms with E-state index in [1.807, 2.05) is 14.0 Å². The summed E-state index contributed by atoms with van der Waals surface area (Å²) in [6.07, 6.45) is 0.573. The molecule has 234 valence electrons. The van der Waals surface area contributed by atoms with Gasteiger partial charge in [-0.25, -0.2) is 18.7 Å². The topological polar surface area (TPSA) is 107 Å². The fourth-order valence-electron chi connectivity index (χ4n) is 5.29. The number of methoxy groups -OCH3 is 1. The van der Waals surface area contributed by atoms with E-state index in [1.165, 1.54) is 19.5 Å². The first-order valence-corrected chi connectivity index (χ1v) is 13.8. The number of halogens is 5. The van der Waals surface area contributed by atoms with Crippen molar-refractivity contribution in [1.29, 1.82) is 0 Å². The molecule has 2 aromatic heterocycles. The highest BCUT2D eigenvalue weighted by atomic mass is 19.4. The van der Waals surface area contributed by atoms with E-state index in [2.05, 4.69) is 25.2 Å². The SMILES string of the molecule is COc1cnc(N2CCC=C(c3c(F)cc(N4CCN(C)[C@@H](C)C4)c(NC(=O)c4c[nH]c(=O)cc4C(F)(F)F)c3F)C2)nc1. The number of H-pyrrole nitrogens is 1. The molecule has 0 aliphatic carbocycles. The molecule has 1 atom stereocenters. The smallest absolute Gasteiger partial charge is 0.417 e. The summed E-state index contributed by atoms with van der Waals surface area (Å²) in [5, 5.41) is 2.28. The van der Waals surface area contributed by atoms with Crippen molar-refractivity contribution in [3.05, 3.63) is 75.5 Å². The standard InChI is InChI=1S/C29H30F5N7O3/c1-16-14-40(8-7-39(16)2)22-10-21(30)24(17-5-4-6-41(15-17)28-36-11-18(44-3)12-37-28)25(31)26(22)38-27(43)19-13-35-23(42)9-20(19)29(32,33)34/h5,9-13,16H,4,6-8,14-15H2,1-3H3,(H,35,42)(H,38,43)/t16-/m0/s1. The van der Waals surface area contributed by atoms with Gasteiger partial charge in [0.15, 0.2) is 11.6 Å². The van der Waals surface area contributed by atoms with Gasteiger partial charge in [0.1, 0.15) is 11.5 Å². The van der Waals surface area contributed by atoms with Gasteiger partial charge >= 0.3 is 6.18 Å². The van der Waals surface area contributed by atoms with Crippen LogP contribution >= 0.6 is 0 Å². The van der Waals surface area contributed by atoms with Crippen LogP contribution in [0.15, 0.2) is 41.6 Å². The molecule has 1 amide bonds. The minimum Gasteiger partial charge on any atom is -0.494 e. The fourth-order valence-corrected chi connectivity index (χ4v) is 5.29. The van der Waals surface area contributed by atoms with E-state index in [0.29, 0.717) is 50.5 Å². The number of ether oxygens (including phenoxy) is 1. The molecule has 1 saturated heterocycles. The zero-order valence-electron chi connectivity index (χ0n) is 24.1. The zero-order valence-corrected chi connectivity index (χ0v) is 24.1.